The summed E-state index contributed by atoms with van der Waals surface area (Å²) in [5.41, 5.74) is -0.216. The summed E-state index contributed by atoms with van der Waals surface area (Å²) in [6.45, 7) is 0.902. The van der Waals surface area contributed by atoms with Crippen LogP contribution >= 0.6 is 11.6 Å². The molecule has 156 valence electrons. The predicted octanol–water partition coefficient (Wildman–Crippen LogP) is 3.01. The molecule has 3 rings (SSSR count). The Morgan fingerprint density at radius 2 is 1.52 bits per heavy atom. The molecule has 0 aliphatic carbocycles. The summed E-state index contributed by atoms with van der Waals surface area (Å²) >= 11 is 5.78. The van der Waals surface area contributed by atoms with Crippen LogP contribution in [-0.2, 0) is 20.0 Å². The fraction of sp³-hybridized carbons (Fsp3) is 0.278. The summed E-state index contributed by atoms with van der Waals surface area (Å²) in [4.78, 5) is 11.0. The van der Waals surface area contributed by atoms with Crippen LogP contribution in [0.15, 0.2) is 52.3 Å². The monoisotopic (exact) mass is 458 g/mol. The number of carboxylic acids is 1. The van der Waals surface area contributed by atoms with Gasteiger partial charge in [-0.15, -0.1) is 0 Å². The van der Waals surface area contributed by atoms with Gasteiger partial charge >= 0.3 is 5.97 Å². The quantitative estimate of drug-likeness (QED) is 0.686. The van der Waals surface area contributed by atoms with Crippen molar-refractivity contribution in [2.45, 2.75) is 29.1 Å². The molecular formula is C18H19ClN2O6S2. The third kappa shape index (κ3) is 4.72. The Kier molecular flexibility index (Phi) is 6.18. The van der Waals surface area contributed by atoms with Crippen LogP contribution in [-0.4, -0.2) is 45.3 Å². The highest BCUT2D eigenvalue weighted by molar-refractivity contribution is 7.92. The molecule has 2 aromatic rings. The summed E-state index contributed by atoms with van der Waals surface area (Å²) in [6, 6.07) is 8.63. The van der Waals surface area contributed by atoms with Crippen molar-refractivity contribution in [1.29, 1.82) is 0 Å². The number of piperidine rings is 1. The Morgan fingerprint density at radius 3 is 2.10 bits per heavy atom. The lowest BCUT2D eigenvalue weighted by Crippen LogP contribution is -2.35. The van der Waals surface area contributed by atoms with Crippen LogP contribution in [0.5, 0.6) is 0 Å². The van der Waals surface area contributed by atoms with E-state index >= 15 is 0 Å². The highest BCUT2D eigenvalue weighted by Gasteiger charge is 2.26. The maximum atomic E-state index is 12.7. The van der Waals surface area contributed by atoms with Crippen molar-refractivity contribution in [2.75, 3.05) is 17.8 Å². The summed E-state index contributed by atoms with van der Waals surface area (Å²) in [5.74, 6) is -1.29. The van der Waals surface area contributed by atoms with E-state index in [0.29, 0.717) is 13.1 Å². The first-order chi connectivity index (χ1) is 13.6. The average molecular weight is 459 g/mol. The number of hydrogen-bond donors (Lipinski definition) is 2. The first kappa shape index (κ1) is 21.6. The Balaban J connectivity index is 1.83. The second-order valence-corrected chi connectivity index (χ2v) is 10.6. The smallest absolute Gasteiger partial charge is 0.337 e. The molecule has 0 bridgehead atoms. The van der Waals surface area contributed by atoms with Crippen LogP contribution in [0.25, 0.3) is 0 Å². The van der Waals surface area contributed by atoms with E-state index in [9.17, 15) is 21.6 Å². The van der Waals surface area contributed by atoms with Crippen LogP contribution in [0.1, 0.15) is 29.6 Å². The molecule has 1 aliphatic rings. The molecule has 29 heavy (non-hydrogen) atoms. The molecule has 2 N–H and O–H groups in total. The third-order valence-corrected chi connectivity index (χ3v) is 8.18. The molecule has 0 unspecified atom stereocenters. The van der Waals surface area contributed by atoms with Crippen LogP contribution in [0, 0.1) is 0 Å². The van der Waals surface area contributed by atoms with E-state index in [4.69, 9.17) is 16.7 Å². The fourth-order valence-corrected chi connectivity index (χ4v) is 5.78. The first-order valence-corrected chi connectivity index (χ1v) is 12.1. The predicted molar refractivity (Wildman–Crippen MR) is 108 cm³/mol. The number of anilines is 1. The standard InChI is InChI=1S/C18H19ClN2O6S2/c19-17-9-4-13(12-16(17)18(22)23)20-28(24,25)14-5-7-15(8-6-14)29(26,27)21-10-2-1-3-11-21/h4-9,12,20H,1-3,10-11H2,(H,22,23). The molecular weight excluding hydrogens is 440 g/mol. The van der Waals surface area contributed by atoms with Crippen LogP contribution < -0.4 is 4.72 Å². The Labute approximate surface area is 174 Å². The lowest BCUT2D eigenvalue weighted by molar-refractivity contribution is 0.0697. The van der Waals surface area contributed by atoms with E-state index in [1.54, 1.807) is 0 Å². The lowest BCUT2D eigenvalue weighted by atomic mass is 10.2. The van der Waals surface area contributed by atoms with Gasteiger partial charge in [0.2, 0.25) is 10.0 Å². The minimum Gasteiger partial charge on any atom is -0.478 e. The van der Waals surface area contributed by atoms with Gasteiger partial charge in [0.25, 0.3) is 10.0 Å². The van der Waals surface area contributed by atoms with E-state index in [2.05, 4.69) is 4.72 Å². The number of sulfonamides is 2. The van der Waals surface area contributed by atoms with Crippen molar-refractivity contribution in [1.82, 2.24) is 4.31 Å². The van der Waals surface area contributed by atoms with Gasteiger partial charge in [-0.1, -0.05) is 18.0 Å². The van der Waals surface area contributed by atoms with Gasteiger partial charge in [-0.2, -0.15) is 4.31 Å². The Morgan fingerprint density at radius 1 is 0.931 bits per heavy atom. The molecule has 0 aromatic heterocycles. The van der Waals surface area contributed by atoms with Crippen LogP contribution in [0.2, 0.25) is 5.02 Å². The topological polar surface area (TPSA) is 121 Å². The second-order valence-electron chi connectivity index (χ2n) is 6.54. The highest BCUT2D eigenvalue weighted by atomic mass is 35.5. The van der Waals surface area contributed by atoms with Gasteiger partial charge in [-0.05, 0) is 55.3 Å². The number of nitrogens with one attached hydrogen (secondary N) is 1. The lowest BCUT2D eigenvalue weighted by Gasteiger charge is -2.25. The fourth-order valence-electron chi connectivity index (χ4n) is 3.01. The van der Waals surface area contributed by atoms with Crippen LogP contribution in [0.4, 0.5) is 5.69 Å². The third-order valence-electron chi connectivity index (χ3n) is 4.54. The molecule has 0 saturated carbocycles. The van der Waals surface area contributed by atoms with Crippen molar-refractivity contribution in [3.8, 4) is 0 Å². The largest absolute Gasteiger partial charge is 0.478 e. The minimum atomic E-state index is -4.05. The molecule has 11 heteroatoms. The number of halogens is 1. The summed E-state index contributed by atoms with van der Waals surface area (Å²) in [7, 11) is -7.72. The number of hydrogen-bond acceptors (Lipinski definition) is 5. The number of nitrogens with zero attached hydrogens (tertiary/aromatic N) is 1. The summed E-state index contributed by atoms with van der Waals surface area (Å²) in [5, 5.41) is 9.08. The minimum absolute atomic E-state index is 0.0206. The van der Waals surface area contributed by atoms with Gasteiger partial charge in [-0.25, -0.2) is 21.6 Å². The van der Waals surface area contributed by atoms with E-state index in [1.807, 2.05) is 0 Å². The number of carboxylic acid groups (broad SMARTS) is 1. The van der Waals surface area contributed by atoms with Crippen LogP contribution in [0.3, 0.4) is 0 Å². The maximum Gasteiger partial charge on any atom is 0.337 e. The zero-order valence-electron chi connectivity index (χ0n) is 15.2. The van der Waals surface area contributed by atoms with Gasteiger partial charge in [-0.3, -0.25) is 4.72 Å². The number of aromatic carboxylic acids is 1. The zero-order chi connectivity index (χ0) is 21.2. The van der Waals surface area contributed by atoms with E-state index in [1.165, 1.54) is 40.7 Å². The summed E-state index contributed by atoms with van der Waals surface area (Å²) < 4.78 is 54.2. The molecule has 1 saturated heterocycles. The SMILES string of the molecule is O=C(O)c1cc(NS(=O)(=O)c2ccc(S(=O)(=O)N3CCCCC3)cc2)ccc1Cl. The van der Waals surface area contributed by atoms with E-state index in [0.717, 1.165) is 25.3 Å². The molecule has 8 nitrogen and oxygen atoms in total. The second kappa shape index (κ2) is 8.31. The molecule has 0 amide bonds. The number of benzene rings is 2. The Hall–Kier alpha value is -2.14. The van der Waals surface area contributed by atoms with E-state index < -0.39 is 26.0 Å². The molecule has 1 fully saturated rings. The van der Waals surface area contributed by atoms with Gasteiger partial charge < -0.3 is 5.11 Å². The molecule has 0 radical (unpaired) electrons. The maximum absolute atomic E-state index is 12.7. The van der Waals surface area contributed by atoms with Crippen molar-refractivity contribution in [3.05, 3.63) is 53.1 Å². The molecule has 0 spiro atoms. The number of carbonyl (C=O) groups is 1. The highest BCUT2D eigenvalue weighted by Crippen LogP contribution is 2.25. The summed E-state index contributed by atoms with van der Waals surface area (Å²) in [6.07, 6.45) is 2.59. The van der Waals surface area contributed by atoms with Crippen molar-refractivity contribution in [3.63, 3.8) is 0 Å². The molecule has 2 aromatic carbocycles. The number of rotatable bonds is 6. The van der Waals surface area contributed by atoms with Gasteiger partial charge in [0.15, 0.2) is 0 Å². The van der Waals surface area contributed by atoms with Gasteiger partial charge in [0.1, 0.15) is 0 Å². The molecule has 1 aliphatic heterocycles. The van der Waals surface area contributed by atoms with Gasteiger partial charge in [0.05, 0.1) is 20.4 Å². The van der Waals surface area contributed by atoms with Crippen molar-refractivity contribution in [2.24, 2.45) is 0 Å². The van der Waals surface area contributed by atoms with Crippen molar-refractivity contribution >= 4 is 43.3 Å². The van der Waals surface area contributed by atoms with E-state index in [-0.39, 0.29) is 26.1 Å². The van der Waals surface area contributed by atoms with Crippen molar-refractivity contribution < 1.29 is 26.7 Å². The average Bonchev–Trinajstić information content (AvgIpc) is 2.70. The normalized spacial score (nSPS) is 15.8. The Bertz CT molecular complexity index is 1130. The zero-order valence-corrected chi connectivity index (χ0v) is 17.6. The molecule has 0 atom stereocenters. The van der Waals surface area contributed by atoms with Gasteiger partial charge in [0, 0.05) is 18.8 Å². The first-order valence-electron chi connectivity index (χ1n) is 8.77. The molecule has 1 heterocycles.